The van der Waals surface area contributed by atoms with Crippen molar-refractivity contribution < 1.29 is 14.6 Å². The molecule has 0 saturated heterocycles. The van der Waals surface area contributed by atoms with Crippen molar-refractivity contribution in [3.63, 3.8) is 0 Å². The largest absolute Gasteiger partial charge is 0.493 e. The van der Waals surface area contributed by atoms with Crippen molar-refractivity contribution in [1.82, 2.24) is 0 Å². The van der Waals surface area contributed by atoms with Crippen LogP contribution >= 0.6 is 0 Å². The number of aliphatic hydroxyl groups is 1. The lowest BCUT2D eigenvalue weighted by molar-refractivity contribution is 0.272. The molecule has 1 atom stereocenters. The number of hydrogen-bond donors (Lipinski definition) is 1. The lowest BCUT2D eigenvalue weighted by Gasteiger charge is -2.13. The van der Waals surface area contributed by atoms with Crippen LogP contribution in [-0.2, 0) is 0 Å². The molecule has 1 unspecified atom stereocenters. The molecule has 0 radical (unpaired) electrons. The van der Waals surface area contributed by atoms with Crippen LogP contribution in [0.3, 0.4) is 0 Å². The minimum Gasteiger partial charge on any atom is -0.493 e. The van der Waals surface area contributed by atoms with Crippen molar-refractivity contribution in [2.24, 2.45) is 0 Å². The third-order valence-corrected chi connectivity index (χ3v) is 2.33. The molecule has 0 spiro atoms. The maximum atomic E-state index is 9.05. The van der Waals surface area contributed by atoms with Crippen molar-refractivity contribution in [3.05, 3.63) is 23.8 Å². The fourth-order valence-electron chi connectivity index (χ4n) is 1.37. The molecule has 1 aromatic rings. The fraction of sp³-hybridized carbons (Fsp3) is 0.500. The number of aliphatic hydroxyl groups excluding tert-OH is 1. The van der Waals surface area contributed by atoms with Gasteiger partial charge in [-0.05, 0) is 24.6 Å². The van der Waals surface area contributed by atoms with Crippen LogP contribution in [0.2, 0.25) is 0 Å². The molecule has 0 fully saturated rings. The second-order valence-corrected chi connectivity index (χ2v) is 3.43. The Kier molecular flexibility index (Phi) is 4.43. The van der Waals surface area contributed by atoms with Crippen LogP contribution in [0, 0.1) is 0 Å². The second kappa shape index (κ2) is 5.61. The predicted octanol–water partition coefficient (Wildman–Crippen LogP) is 2.19. The van der Waals surface area contributed by atoms with E-state index >= 15 is 0 Å². The van der Waals surface area contributed by atoms with Gasteiger partial charge in [0.1, 0.15) is 0 Å². The lowest BCUT2D eigenvalue weighted by Crippen LogP contribution is -2.01. The van der Waals surface area contributed by atoms with Gasteiger partial charge in [0.25, 0.3) is 0 Å². The second-order valence-electron chi connectivity index (χ2n) is 3.43. The van der Waals surface area contributed by atoms with E-state index in [1.807, 2.05) is 32.0 Å². The van der Waals surface area contributed by atoms with E-state index in [4.69, 9.17) is 14.6 Å². The Bertz CT molecular complexity index is 310. The predicted molar refractivity (Wildman–Crippen MR) is 59.7 cm³/mol. The van der Waals surface area contributed by atoms with E-state index < -0.39 is 0 Å². The first-order valence-corrected chi connectivity index (χ1v) is 5.14. The number of hydrogen-bond acceptors (Lipinski definition) is 3. The molecule has 84 valence electrons. The Morgan fingerprint density at radius 1 is 1.33 bits per heavy atom. The quantitative estimate of drug-likeness (QED) is 0.809. The topological polar surface area (TPSA) is 38.7 Å². The minimum absolute atomic E-state index is 0.120. The molecule has 1 aromatic carbocycles. The molecular formula is C12H18O3. The van der Waals surface area contributed by atoms with Gasteiger partial charge >= 0.3 is 0 Å². The van der Waals surface area contributed by atoms with Crippen LogP contribution in [0.5, 0.6) is 11.5 Å². The standard InChI is InChI=1S/C12H18O3/c1-4-15-11-6-5-10(9(2)8-13)7-12(11)14-3/h5-7,9,13H,4,8H2,1-3H3. The summed E-state index contributed by atoms with van der Waals surface area (Å²) in [5.41, 5.74) is 1.05. The van der Waals surface area contributed by atoms with Crippen molar-refractivity contribution in [1.29, 1.82) is 0 Å². The first-order valence-electron chi connectivity index (χ1n) is 5.14. The maximum absolute atomic E-state index is 9.05. The van der Waals surface area contributed by atoms with E-state index in [0.717, 1.165) is 17.1 Å². The molecule has 0 heterocycles. The summed E-state index contributed by atoms with van der Waals surface area (Å²) < 4.78 is 10.6. The molecule has 0 saturated carbocycles. The third kappa shape index (κ3) is 2.86. The van der Waals surface area contributed by atoms with Crippen LogP contribution in [0.15, 0.2) is 18.2 Å². The van der Waals surface area contributed by atoms with Gasteiger partial charge in [-0.15, -0.1) is 0 Å². The number of benzene rings is 1. The summed E-state index contributed by atoms with van der Waals surface area (Å²) in [6.45, 7) is 4.65. The normalized spacial score (nSPS) is 12.3. The van der Waals surface area contributed by atoms with Gasteiger partial charge in [0.15, 0.2) is 11.5 Å². The zero-order chi connectivity index (χ0) is 11.3. The van der Waals surface area contributed by atoms with Crippen LogP contribution in [0.4, 0.5) is 0 Å². The highest BCUT2D eigenvalue weighted by atomic mass is 16.5. The van der Waals surface area contributed by atoms with Gasteiger partial charge in [-0.3, -0.25) is 0 Å². The Hall–Kier alpha value is -1.22. The summed E-state index contributed by atoms with van der Waals surface area (Å²) in [6.07, 6.45) is 0. The van der Waals surface area contributed by atoms with Crippen molar-refractivity contribution in [2.45, 2.75) is 19.8 Å². The molecule has 0 amide bonds. The molecule has 0 bridgehead atoms. The Balaban J connectivity index is 2.96. The van der Waals surface area contributed by atoms with Crippen LogP contribution < -0.4 is 9.47 Å². The van der Waals surface area contributed by atoms with E-state index in [1.54, 1.807) is 7.11 Å². The minimum atomic E-state index is 0.120. The van der Waals surface area contributed by atoms with Crippen LogP contribution in [0.1, 0.15) is 25.3 Å². The van der Waals surface area contributed by atoms with Gasteiger partial charge in [-0.2, -0.15) is 0 Å². The van der Waals surface area contributed by atoms with E-state index in [-0.39, 0.29) is 12.5 Å². The average molecular weight is 210 g/mol. The van der Waals surface area contributed by atoms with Gasteiger partial charge < -0.3 is 14.6 Å². The maximum Gasteiger partial charge on any atom is 0.161 e. The molecule has 0 aromatic heterocycles. The van der Waals surface area contributed by atoms with Crippen LogP contribution in [0.25, 0.3) is 0 Å². The molecule has 3 heteroatoms. The molecule has 3 nitrogen and oxygen atoms in total. The molecular weight excluding hydrogens is 192 g/mol. The van der Waals surface area contributed by atoms with Gasteiger partial charge in [-0.25, -0.2) is 0 Å². The molecule has 0 aliphatic heterocycles. The summed E-state index contributed by atoms with van der Waals surface area (Å²) in [7, 11) is 1.62. The summed E-state index contributed by atoms with van der Waals surface area (Å²) in [6, 6.07) is 5.74. The highest BCUT2D eigenvalue weighted by molar-refractivity contribution is 5.43. The molecule has 0 aliphatic rings. The number of rotatable bonds is 5. The van der Waals surface area contributed by atoms with Crippen LogP contribution in [-0.4, -0.2) is 25.4 Å². The molecule has 1 N–H and O–H groups in total. The monoisotopic (exact) mass is 210 g/mol. The van der Waals surface area contributed by atoms with E-state index in [1.165, 1.54) is 0 Å². The van der Waals surface area contributed by atoms with Gasteiger partial charge in [0.2, 0.25) is 0 Å². The van der Waals surface area contributed by atoms with E-state index in [2.05, 4.69) is 0 Å². The zero-order valence-corrected chi connectivity index (χ0v) is 9.49. The number of ether oxygens (including phenoxy) is 2. The highest BCUT2D eigenvalue weighted by Crippen LogP contribution is 2.30. The van der Waals surface area contributed by atoms with Crippen molar-refractivity contribution >= 4 is 0 Å². The van der Waals surface area contributed by atoms with E-state index in [0.29, 0.717) is 6.61 Å². The SMILES string of the molecule is CCOc1ccc(C(C)CO)cc1OC. The lowest BCUT2D eigenvalue weighted by atomic mass is 10.0. The first-order chi connectivity index (χ1) is 7.22. The molecule has 0 aliphatic carbocycles. The number of methoxy groups -OCH3 is 1. The smallest absolute Gasteiger partial charge is 0.161 e. The Morgan fingerprint density at radius 3 is 2.60 bits per heavy atom. The van der Waals surface area contributed by atoms with Gasteiger partial charge in [0, 0.05) is 12.5 Å². The zero-order valence-electron chi connectivity index (χ0n) is 9.49. The van der Waals surface area contributed by atoms with Crippen molar-refractivity contribution in [2.75, 3.05) is 20.3 Å². The summed E-state index contributed by atoms with van der Waals surface area (Å²) in [5.74, 6) is 1.58. The van der Waals surface area contributed by atoms with Gasteiger partial charge in [-0.1, -0.05) is 13.0 Å². The van der Waals surface area contributed by atoms with Gasteiger partial charge in [0.05, 0.1) is 13.7 Å². The fourth-order valence-corrected chi connectivity index (χ4v) is 1.37. The molecule has 1 rings (SSSR count). The highest BCUT2D eigenvalue weighted by Gasteiger charge is 2.09. The Morgan fingerprint density at radius 2 is 2.07 bits per heavy atom. The molecule has 15 heavy (non-hydrogen) atoms. The summed E-state index contributed by atoms with van der Waals surface area (Å²) >= 11 is 0. The third-order valence-electron chi connectivity index (χ3n) is 2.33. The summed E-state index contributed by atoms with van der Waals surface area (Å²) in [4.78, 5) is 0. The van der Waals surface area contributed by atoms with E-state index in [9.17, 15) is 0 Å². The average Bonchev–Trinajstić information content (AvgIpc) is 2.29. The Labute approximate surface area is 90.6 Å². The summed E-state index contributed by atoms with van der Waals surface area (Å²) in [5, 5.41) is 9.05. The first kappa shape index (κ1) is 11.9. The van der Waals surface area contributed by atoms with Crippen molar-refractivity contribution in [3.8, 4) is 11.5 Å².